The van der Waals surface area contributed by atoms with E-state index in [-0.39, 0.29) is 19.1 Å². The Kier molecular flexibility index (Phi) is 5.21. The standard InChI is InChI=1S/C16H15FN2O3/c17-13-6-4-11(5-7-13)16(22)19-14-3-1-2-12(10-14)15(21)18-8-9-20/h1-7,10,20H,8-9H2,(H,18,21)(H,19,22). The first-order chi connectivity index (χ1) is 10.6. The number of hydrogen-bond acceptors (Lipinski definition) is 3. The van der Waals surface area contributed by atoms with E-state index >= 15 is 0 Å². The predicted octanol–water partition coefficient (Wildman–Crippen LogP) is 1.80. The molecule has 2 aromatic rings. The lowest BCUT2D eigenvalue weighted by atomic mass is 10.1. The minimum absolute atomic E-state index is 0.146. The van der Waals surface area contributed by atoms with E-state index < -0.39 is 11.7 Å². The molecule has 0 atom stereocenters. The Morgan fingerprint density at radius 1 is 1.00 bits per heavy atom. The van der Waals surface area contributed by atoms with Crippen molar-refractivity contribution in [2.75, 3.05) is 18.5 Å². The quantitative estimate of drug-likeness (QED) is 0.788. The number of anilines is 1. The Morgan fingerprint density at radius 2 is 1.73 bits per heavy atom. The third-order valence-electron chi connectivity index (χ3n) is 2.89. The summed E-state index contributed by atoms with van der Waals surface area (Å²) in [5, 5.41) is 13.8. The zero-order chi connectivity index (χ0) is 15.9. The highest BCUT2D eigenvalue weighted by Crippen LogP contribution is 2.13. The second-order valence-electron chi connectivity index (χ2n) is 4.52. The summed E-state index contributed by atoms with van der Waals surface area (Å²) in [6.07, 6.45) is 0. The molecule has 0 fully saturated rings. The summed E-state index contributed by atoms with van der Waals surface area (Å²) in [5.74, 6) is -1.15. The summed E-state index contributed by atoms with van der Waals surface area (Å²) < 4.78 is 12.8. The summed E-state index contributed by atoms with van der Waals surface area (Å²) in [6, 6.07) is 11.6. The maximum atomic E-state index is 12.8. The van der Waals surface area contributed by atoms with Crippen LogP contribution in [-0.2, 0) is 0 Å². The number of carbonyl (C=O) groups is 2. The van der Waals surface area contributed by atoms with Crippen LogP contribution in [-0.4, -0.2) is 30.1 Å². The Balaban J connectivity index is 2.08. The molecular formula is C16H15FN2O3. The van der Waals surface area contributed by atoms with Crippen molar-refractivity contribution in [2.24, 2.45) is 0 Å². The van der Waals surface area contributed by atoms with E-state index in [4.69, 9.17) is 5.11 Å². The van der Waals surface area contributed by atoms with Crippen LogP contribution in [0.4, 0.5) is 10.1 Å². The fourth-order valence-corrected chi connectivity index (χ4v) is 1.81. The summed E-state index contributed by atoms with van der Waals surface area (Å²) in [5.41, 5.74) is 1.13. The molecule has 0 saturated carbocycles. The SMILES string of the molecule is O=C(NCCO)c1cccc(NC(=O)c2ccc(F)cc2)c1. The molecule has 0 spiro atoms. The van der Waals surface area contributed by atoms with Crippen molar-refractivity contribution < 1.29 is 19.1 Å². The second kappa shape index (κ2) is 7.33. The van der Waals surface area contributed by atoms with Gasteiger partial charge in [-0.05, 0) is 42.5 Å². The van der Waals surface area contributed by atoms with E-state index in [0.29, 0.717) is 16.8 Å². The average Bonchev–Trinajstić information content (AvgIpc) is 2.53. The van der Waals surface area contributed by atoms with Gasteiger partial charge in [0, 0.05) is 23.4 Å². The lowest BCUT2D eigenvalue weighted by Crippen LogP contribution is -2.26. The van der Waals surface area contributed by atoms with Gasteiger partial charge in [0.1, 0.15) is 5.82 Å². The molecule has 2 amide bonds. The number of aliphatic hydroxyl groups excluding tert-OH is 1. The van der Waals surface area contributed by atoms with Crippen LogP contribution in [0.25, 0.3) is 0 Å². The van der Waals surface area contributed by atoms with E-state index in [2.05, 4.69) is 10.6 Å². The maximum Gasteiger partial charge on any atom is 0.255 e. The van der Waals surface area contributed by atoms with Gasteiger partial charge in [0.2, 0.25) is 0 Å². The molecule has 0 bridgehead atoms. The van der Waals surface area contributed by atoms with Crippen molar-refractivity contribution >= 4 is 17.5 Å². The van der Waals surface area contributed by atoms with Crippen LogP contribution >= 0.6 is 0 Å². The normalized spacial score (nSPS) is 10.1. The third kappa shape index (κ3) is 4.13. The van der Waals surface area contributed by atoms with Crippen molar-refractivity contribution in [3.05, 3.63) is 65.5 Å². The number of amides is 2. The number of halogens is 1. The van der Waals surface area contributed by atoms with Gasteiger partial charge in [-0.1, -0.05) is 6.07 Å². The van der Waals surface area contributed by atoms with Crippen molar-refractivity contribution in [3.63, 3.8) is 0 Å². The summed E-state index contributed by atoms with van der Waals surface area (Å²) in [6.45, 7) is 0.0116. The van der Waals surface area contributed by atoms with Crippen molar-refractivity contribution in [2.45, 2.75) is 0 Å². The Bertz CT molecular complexity index is 671. The van der Waals surface area contributed by atoms with E-state index in [9.17, 15) is 14.0 Å². The van der Waals surface area contributed by atoms with Crippen molar-refractivity contribution in [1.82, 2.24) is 5.32 Å². The minimum Gasteiger partial charge on any atom is -0.395 e. The second-order valence-corrected chi connectivity index (χ2v) is 4.52. The summed E-state index contributed by atoms with van der Waals surface area (Å²) in [7, 11) is 0. The number of nitrogens with one attached hydrogen (secondary N) is 2. The summed E-state index contributed by atoms with van der Waals surface area (Å²) >= 11 is 0. The Morgan fingerprint density at radius 3 is 2.41 bits per heavy atom. The van der Waals surface area contributed by atoms with Gasteiger partial charge in [0.15, 0.2) is 0 Å². The van der Waals surface area contributed by atoms with Crippen LogP contribution in [0, 0.1) is 5.82 Å². The van der Waals surface area contributed by atoms with E-state index in [1.807, 2.05) is 0 Å². The third-order valence-corrected chi connectivity index (χ3v) is 2.89. The molecular weight excluding hydrogens is 287 g/mol. The largest absolute Gasteiger partial charge is 0.395 e. The van der Waals surface area contributed by atoms with Crippen molar-refractivity contribution in [1.29, 1.82) is 0 Å². The molecule has 0 heterocycles. The topological polar surface area (TPSA) is 78.4 Å². The van der Waals surface area contributed by atoms with Gasteiger partial charge < -0.3 is 15.7 Å². The highest BCUT2D eigenvalue weighted by atomic mass is 19.1. The molecule has 6 heteroatoms. The highest BCUT2D eigenvalue weighted by molar-refractivity contribution is 6.05. The monoisotopic (exact) mass is 302 g/mol. The molecule has 2 rings (SSSR count). The molecule has 0 aliphatic carbocycles. The van der Waals surface area contributed by atoms with Gasteiger partial charge >= 0.3 is 0 Å². The average molecular weight is 302 g/mol. The van der Waals surface area contributed by atoms with E-state index in [1.165, 1.54) is 30.3 Å². The Hall–Kier alpha value is -2.73. The number of aliphatic hydroxyl groups is 1. The smallest absolute Gasteiger partial charge is 0.255 e. The van der Waals surface area contributed by atoms with Gasteiger partial charge in [0.05, 0.1) is 6.61 Å². The van der Waals surface area contributed by atoms with Gasteiger partial charge in [0.25, 0.3) is 11.8 Å². The molecule has 0 aliphatic rings. The molecule has 0 aliphatic heterocycles. The minimum atomic E-state index is -0.417. The van der Waals surface area contributed by atoms with Crippen LogP contribution in [0.1, 0.15) is 20.7 Å². The molecule has 3 N–H and O–H groups in total. The van der Waals surface area contributed by atoms with E-state index in [1.54, 1.807) is 18.2 Å². The van der Waals surface area contributed by atoms with E-state index in [0.717, 1.165) is 0 Å². The number of carbonyl (C=O) groups excluding carboxylic acids is 2. The zero-order valence-electron chi connectivity index (χ0n) is 11.7. The molecule has 114 valence electrons. The molecule has 0 radical (unpaired) electrons. The van der Waals surface area contributed by atoms with Gasteiger partial charge in [-0.3, -0.25) is 9.59 Å². The molecule has 0 unspecified atom stereocenters. The molecule has 5 nitrogen and oxygen atoms in total. The maximum absolute atomic E-state index is 12.8. The van der Waals surface area contributed by atoms with Crippen molar-refractivity contribution in [3.8, 4) is 0 Å². The molecule has 0 aromatic heterocycles. The molecule has 22 heavy (non-hydrogen) atoms. The lowest BCUT2D eigenvalue weighted by molar-refractivity contribution is 0.0943. The van der Waals surface area contributed by atoms with Gasteiger partial charge in [-0.25, -0.2) is 4.39 Å². The predicted molar refractivity (Wildman–Crippen MR) is 80.2 cm³/mol. The van der Waals surface area contributed by atoms with Gasteiger partial charge in [-0.2, -0.15) is 0 Å². The fourth-order valence-electron chi connectivity index (χ4n) is 1.81. The molecule has 2 aromatic carbocycles. The van der Waals surface area contributed by atoms with Crippen LogP contribution in [0.2, 0.25) is 0 Å². The number of benzene rings is 2. The highest BCUT2D eigenvalue weighted by Gasteiger charge is 2.09. The molecule has 0 saturated heterocycles. The first-order valence-electron chi connectivity index (χ1n) is 6.66. The van der Waals surface area contributed by atoms with Crippen LogP contribution in [0.3, 0.4) is 0 Å². The van der Waals surface area contributed by atoms with Crippen LogP contribution in [0.15, 0.2) is 48.5 Å². The van der Waals surface area contributed by atoms with Crippen LogP contribution < -0.4 is 10.6 Å². The first-order valence-corrected chi connectivity index (χ1v) is 6.66. The lowest BCUT2D eigenvalue weighted by Gasteiger charge is -2.08. The summed E-state index contributed by atoms with van der Waals surface area (Å²) in [4.78, 5) is 23.8. The zero-order valence-corrected chi connectivity index (χ0v) is 11.7. The first kappa shape index (κ1) is 15.7. The van der Waals surface area contributed by atoms with Crippen LogP contribution in [0.5, 0.6) is 0 Å². The fraction of sp³-hybridized carbons (Fsp3) is 0.125. The Labute approximate surface area is 126 Å². The number of hydrogen-bond donors (Lipinski definition) is 3. The van der Waals surface area contributed by atoms with Gasteiger partial charge in [-0.15, -0.1) is 0 Å². The number of rotatable bonds is 5.